The second-order valence-electron chi connectivity index (χ2n) is 8.87. The van der Waals surface area contributed by atoms with Crippen molar-refractivity contribution in [1.29, 1.82) is 0 Å². The second kappa shape index (κ2) is 8.57. The van der Waals surface area contributed by atoms with Crippen LogP contribution >= 0.6 is 0 Å². The van der Waals surface area contributed by atoms with Crippen LogP contribution in [0, 0.1) is 6.92 Å². The van der Waals surface area contributed by atoms with E-state index in [1.54, 1.807) is 6.92 Å². The molecule has 2 N–H and O–H groups in total. The van der Waals surface area contributed by atoms with E-state index in [1.165, 1.54) is 30.5 Å². The van der Waals surface area contributed by atoms with Crippen LogP contribution in [0.25, 0.3) is 24.3 Å². The van der Waals surface area contributed by atoms with Gasteiger partial charge in [0.05, 0.1) is 0 Å². The van der Waals surface area contributed by atoms with Gasteiger partial charge in [-0.1, -0.05) is 0 Å². The van der Waals surface area contributed by atoms with Crippen LogP contribution in [-0.4, -0.2) is 36.1 Å². The van der Waals surface area contributed by atoms with E-state index < -0.39 is 0 Å². The fraction of sp³-hybridized carbons (Fsp3) is 0.241. The molecular formula is C29H28N2O2Se. The number of phenolic OH excluding ortho intramolecular Hbond substituents is 2. The third-order valence-corrected chi connectivity index (χ3v) is 8.89. The molecule has 0 radical (unpaired) electrons. The molecule has 0 spiro atoms. The Labute approximate surface area is 205 Å². The summed E-state index contributed by atoms with van der Waals surface area (Å²) >= 11 is 0.193. The van der Waals surface area contributed by atoms with E-state index in [9.17, 15) is 10.2 Å². The van der Waals surface area contributed by atoms with Gasteiger partial charge in [-0.2, -0.15) is 0 Å². The van der Waals surface area contributed by atoms with Gasteiger partial charge in [0.2, 0.25) is 0 Å². The third-order valence-electron chi connectivity index (χ3n) is 6.84. The van der Waals surface area contributed by atoms with Crippen molar-refractivity contribution in [3.8, 4) is 11.5 Å². The van der Waals surface area contributed by atoms with Crippen LogP contribution in [0.15, 0.2) is 61.9 Å². The molecule has 0 atom stereocenters. The van der Waals surface area contributed by atoms with Gasteiger partial charge in [-0.25, -0.2) is 0 Å². The zero-order chi connectivity index (χ0) is 24.1. The third kappa shape index (κ3) is 3.69. The number of benzene rings is 1. The summed E-state index contributed by atoms with van der Waals surface area (Å²) in [6.07, 6.45) is 9.99. The first-order valence-electron chi connectivity index (χ1n) is 11.7. The van der Waals surface area contributed by atoms with Crippen LogP contribution in [0.1, 0.15) is 57.2 Å². The van der Waals surface area contributed by atoms with Gasteiger partial charge in [0, 0.05) is 0 Å². The monoisotopic (exact) mass is 516 g/mol. The predicted octanol–water partition coefficient (Wildman–Crippen LogP) is 4.78. The van der Waals surface area contributed by atoms with Crippen LogP contribution in [-0.2, 0) is 0 Å². The van der Waals surface area contributed by atoms with E-state index >= 15 is 0 Å². The van der Waals surface area contributed by atoms with Crippen molar-refractivity contribution < 1.29 is 10.2 Å². The summed E-state index contributed by atoms with van der Waals surface area (Å²) in [6, 6.07) is 6.21. The van der Waals surface area contributed by atoms with Crippen molar-refractivity contribution in [2.24, 2.45) is 9.98 Å². The molecule has 5 heteroatoms. The number of nitrogens with zero attached hydrogens (tertiary/aromatic N) is 2. The molecule has 8 bridgehead atoms. The van der Waals surface area contributed by atoms with Gasteiger partial charge in [-0.3, -0.25) is 0 Å². The van der Waals surface area contributed by atoms with E-state index in [2.05, 4.69) is 52.0 Å². The Hall–Kier alpha value is -3.14. The molecule has 0 saturated carbocycles. The van der Waals surface area contributed by atoms with E-state index in [-0.39, 0.29) is 26.0 Å². The molecule has 0 saturated heterocycles. The molecule has 3 aliphatic rings. The minimum absolute atomic E-state index is 0.0797. The summed E-state index contributed by atoms with van der Waals surface area (Å²) in [7, 11) is 0. The molecule has 0 aliphatic carbocycles. The fourth-order valence-electron chi connectivity index (χ4n) is 4.83. The molecule has 0 fully saturated rings. The summed E-state index contributed by atoms with van der Waals surface area (Å²) in [4.78, 5) is 9.91. The molecule has 4 heterocycles. The molecule has 2 aromatic rings. The zero-order valence-corrected chi connectivity index (χ0v) is 21.9. The van der Waals surface area contributed by atoms with E-state index in [0.717, 1.165) is 35.7 Å². The van der Waals surface area contributed by atoms with Crippen molar-refractivity contribution in [2.75, 3.05) is 0 Å². The summed E-state index contributed by atoms with van der Waals surface area (Å²) in [6.45, 7) is 10.3. The molecule has 172 valence electrons. The van der Waals surface area contributed by atoms with Gasteiger partial charge in [0.25, 0.3) is 0 Å². The van der Waals surface area contributed by atoms with Gasteiger partial charge in [-0.05, 0) is 0 Å². The summed E-state index contributed by atoms with van der Waals surface area (Å²) in [5, 5.41) is 21.8. The molecule has 34 heavy (non-hydrogen) atoms. The quantitative estimate of drug-likeness (QED) is 0.566. The van der Waals surface area contributed by atoms with Crippen LogP contribution in [0.3, 0.4) is 0 Å². The van der Waals surface area contributed by atoms with Gasteiger partial charge in [0.1, 0.15) is 0 Å². The Bertz CT molecular complexity index is 1440. The Morgan fingerprint density at radius 3 is 1.56 bits per heavy atom. The first-order chi connectivity index (χ1) is 16.3. The Morgan fingerprint density at radius 1 is 0.706 bits per heavy atom. The molecule has 0 amide bonds. The van der Waals surface area contributed by atoms with E-state index in [1.807, 2.05) is 18.2 Å². The topological polar surface area (TPSA) is 65.2 Å². The number of aliphatic imine (C=N–C) groups is 2. The number of fused-ring (bicyclic) bond motifs is 6. The maximum atomic E-state index is 10.9. The van der Waals surface area contributed by atoms with Crippen molar-refractivity contribution in [3.63, 3.8) is 0 Å². The molecule has 3 aliphatic heterocycles. The molecule has 4 nitrogen and oxygen atoms in total. The van der Waals surface area contributed by atoms with Crippen molar-refractivity contribution in [2.45, 2.75) is 47.5 Å². The van der Waals surface area contributed by atoms with Crippen molar-refractivity contribution >= 4 is 50.2 Å². The number of hydrogen-bond donors (Lipinski definition) is 2. The van der Waals surface area contributed by atoms with Gasteiger partial charge in [0.15, 0.2) is 0 Å². The minimum atomic E-state index is 0.0797. The van der Waals surface area contributed by atoms with Crippen LogP contribution < -0.4 is 8.19 Å². The number of rotatable bonds is 2. The van der Waals surface area contributed by atoms with Crippen molar-refractivity contribution in [3.05, 3.63) is 76.8 Å². The first-order valence-corrected chi connectivity index (χ1v) is 13.4. The fourth-order valence-corrected chi connectivity index (χ4v) is 6.68. The second-order valence-corrected chi connectivity index (χ2v) is 11.3. The van der Waals surface area contributed by atoms with Crippen LogP contribution in [0.2, 0.25) is 0 Å². The molecule has 1 aromatic carbocycles. The number of phenols is 2. The summed E-state index contributed by atoms with van der Waals surface area (Å²) < 4.78 is 2.58. The Morgan fingerprint density at radius 2 is 1.15 bits per heavy atom. The predicted molar refractivity (Wildman–Crippen MR) is 143 cm³/mol. The van der Waals surface area contributed by atoms with E-state index in [4.69, 9.17) is 9.98 Å². The number of hydrogen-bond acceptors (Lipinski definition) is 4. The Kier molecular flexibility index (Phi) is 5.71. The molecule has 1 aromatic heterocycles. The normalized spacial score (nSPS) is 17.2. The summed E-state index contributed by atoms with van der Waals surface area (Å²) in [5.74, 6) is 0.159. The van der Waals surface area contributed by atoms with E-state index in [0.29, 0.717) is 16.7 Å². The van der Waals surface area contributed by atoms with Gasteiger partial charge < -0.3 is 0 Å². The SMILES string of the molecule is CCC1=C(C)C2=NC1=Cc1cc(c(O)c(C)c1O)C=C1N=C(C=c3ccc([se]3)=C2)C(C)=C1CC. The van der Waals surface area contributed by atoms with Gasteiger partial charge >= 0.3 is 206 Å². The average molecular weight is 516 g/mol. The first kappa shape index (κ1) is 22.6. The van der Waals surface area contributed by atoms with Crippen LogP contribution in [0.4, 0.5) is 0 Å². The maximum absolute atomic E-state index is 10.9. The number of aromatic hydroxyl groups is 2. The standard InChI is InChI=1S/C29H28N2O2Se/c1-6-22-15(3)24-13-20-8-9-21(34-20)14-25-16(4)23(7-2)27(31-25)12-19-10-18(11-26(22)30-24)28(32)17(5)29(19)33/h8-14,32-33H,6-7H2,1-5H3. The molecule has 0 unspecified atom stereocenters. The van der Waals surface area contributed by atoms with Crippen LogP contribution in [0.5, 0.6) is 11.5 Å². The molecule has 5 rings (SSSR count). The van der Waals surface area contributed by atoms with Crippen molar-refractivity contribution in [1.82, 2.24) is 0 Å². The zero-order valence-electron chi connectivity index (χ0n) is 20.2. The number of allylic oxidation sites excluding steroid dienone is 4. The average Bonchev–Trinajstić information content (AvgIpc) is 3.46. The summed E-state index contributed by atoms with van der Waals surface area (Å²) in [5.41, 5.74) is 10.2. The Balaban J connectivity index is 1.86. The molecular weight excluding hydrogens is 487 g/mol. The van der Waals surface area contributed by atoms with Gasteiger partial charge in [-0.15, -0.1) is 0 Å².